The number of carbonyl (C=O) groups is 3. The minimum absolute atomic E-state index is 0.0251. The minimum atomic E-state index is -0.351. The van der Waals surface area contributed by atoms with Crippen LogP contribution >= 0.6 is 0 Å². The molecule has 0 spiro atoms. The Labute approximate surface area is 113 Å². The number of ether oxygens (including phenoxy) is 1. The molecule has 0 aromatic rings. The van der Waals surface area contributed by atoms with E-state index in [9.17, 15) is 14.4 Å². The topological polar surface area (TPSA) is 75.7 Å². The quantitative estimate of drug-likeness (QED) is 0.730. The van der Waals surface area contributed by atoms with Crippen LogP contribution in [-0.2, 0) is 19.1 Å². The summed E-state index contributed by atoms with van der Waals surface area (Å²) in [5.74, 6) is -0.592. The van der Waals surface area contributed by atoms with Crippen molar-refractivity contribution in [1.29, 1.82) is 0 Å². The lowest BCUT2D eigenvalue weighted by Gasteiger charge is -2.31. The molecule has 0 bridgehead atoms. The number of hydrogen-bond donors (Lipinski definition) is 1. The van der Waals surface area contributed by atoms with Crippen LogP contribution in [0.2, 0.25) is 0 Å². The average Bonchev–Trinajstić information content (AvgIpc) is 2.44. The number of nitrogens with one attached hydrogen (secondary N) is 1. The van der Waals surface area contributed by atoms with Crippen molar-refractivity contribution in [3.05, 3.63) is 0 Å². The highest BCUT2D eigenvalue weighted by Gasteiger charge is 2.27. The molecule has 6 heteroatoms. The van der Waals surface area contributed by atoms with Crippen molar-refractivity contribution in [3.63, 3.8) is 0 Å². The summed E-state index contributed by atoms with van der Waals surface area (Å²) in [5.41, 5.74) is 0. The van der Waals surface area contributed by atoms with Gasteiger partial charge in [0.1, 0.15) is 0 Å². The Kier molecular flexibility index (Phi) is 6.32. The molecule has 0 aromatic heterocycles. The van der Waals surface area contributed by atoms with Crippen LogP contribution in [-0.4, -0.2) is 49.4 Å². The number of amides is 2. The third-order valence-electron chi connectivity index (χ3n) is 3.24. The van der Waals surface area contributed by atoms with E-state index in [4.69, 9.17) is 4.74 Å². The maximum Gasteiger partial charge on any atom is 0.306 e. The van der Waals surface area contributed by atoms with Gasteiger partial charge in [-0.25, -0.2) is 0 Å². The molecule has 0 aliphatic carbocycles. The first-order valence-electron chi connectivity index (χ1n) is 6.73. The highest BCUT2D eigenvalue weighted by Crippen LogP contribution is 2.17. The van der Waals surface area contributed by atoms with Crippen molar-refractivity contribution in [2.45, 2.75) is 32.6 Å². The first-order chi connectivity index (χ1) is 9.08. The third kappa shape index (κ3) is 4.89. The Morgan fingerprint density at radius 2 is 2.05 bits per heavy atom. The zero-order chi connectivity index (χ0) is 14.3. The maximum atomic E-state index is 11.9. The van der Waals surface area contributed by atoms with Gasteiger partial charge < -0.3 is 15.0 Å². The first-order valence-corrected chi connectivity index (χ1v) is 6.73. The van der Waals surface area contributed by atoms with Crippen LogP contribution in [0.25, 0.3) is 0 Å². The van der Waals surface area contributed by atoms with Gasteiger partial charge in [-0.3, -0.25) is 14.4 Å². The second-order valence-electron chi connectivity index (χ2n) is 4.60. The van der Waals surface area contributed by atoms with Crippen LogP contribution in [0.3, 0.4) is 0 Å². The second-order valence-corrected chi connectivity index (χ2v) is 4.60. The molecule has 19 heavy (non-hydrogen) atoms. The number of carbonyl (C=O) groups excluding carboxylic acids is 3. The molecule has 1 heterocycles. The van der Waals surface area contributed by atoms with Gasteiger partial charge in [0.2, 0.25) is 11.8 Å². The summed E-state index contributed by atoms with van der Waals surface area (Å²) in [6, 6.07) is 0. The van der Waals surface area contributed by atoms with E-state index in [1.165, 1.54) is 0 Å². The van der Waals surface area contributed by atoms with Gasteiger partial charge >= 0.3 is 5.97 Å². The van der Waals surface area contributed by atoms with Crippen LogP contribution in [0.1, 0.15) is 32.6 Å². The van der Waals surface area contributed by atoms with Gasteiger partial charge in [0.15, 0.2) is 0 Å². The molecule has 0 radical (unpaired) electrons. The summed E-state index contributed by atoms with van der Waals surface area (Å²) < 4.78 is 4.78. The summed E-state index contributed by atoms with van der Waals surface area (Å²) in [5, 5.41) is 2.61. The number of nitrogens with zero attached hydrogens (tertiary/aromatic N) is 1. The molecule has 0 saturated carbocycles. The molecule has 1 aliphatic heterocycles. The smallest absolute Gasteiger partial charge is 0.306 e. The predicted molar refractivity (Wildman–Crippen MR) is 69.2 cm³/mol. The molecule has 1 N–H and O–H groups in total. The van der Waals surface area contributed by atoms with E-state index in [0.29, 0.717) is 19.7 Å². The SMILES string of the molecule is CCOC(=O)CCC(=O)N1CCCC(C(=O)NC)C1. The molecular weight excluding hydrogens is 248 g/mol. The van der Waals surface area contributed by atoms with E-state index in [2.05, 4.69) is 5.32 Å². The Morgan fingerprint density at radius 1 is 1.32 bits per heavy atom. The van der Waals surface area contributed by atoms with Gasteiger partial charge in [-0.2, -0.15) is 0 Å². The first kappa shape index (κ1) is 15.5. The molecule has 1 unspecified atom stereocenters. The Morgan fingerprint density at radius 3 is 2.68 bits per heavy atom. The molecule has 108 valence electrons. The Bertz CT molecular complexity index is 344. The molecule has 1 fully saturated rings. The number of hydrogen-bond acceptors (Lipinski definition) is 4. The van der Waals surface area contributed by atoms with Crippen LogP contribution in [0.4, 0.5) is 0 Å². The lowest BCUT2D eigenvalue weighted by Crippen LogP contribution is -2.44. The Hall–Kier alpha value is -1.59. The number of esters is 1. The fourth-order valence-electron chi connectivity index (χ4n) is 2.22. The van der Waals surface area contributed by atoms with Gasteiger partial charge in [0.05, 0.1) is 18.9 Å². The van der Waals surface area contributed by atoms with E-state index in [0.717, 1.165) is 12.8 Å². The van der Waals surface area contributed by atoms with Gasteiger partial charge in [-0.15, -0.1) is 0 Å². The molecule has 1 atom stereocenters. The van der Waals surface area contributed by atoms with Crippen molar-refractivity contribution in [2.24, 2.45) is 5.92 Å². The van der Waals surface area contributed by atoms with Crippen molar-refractivity contribution in [3.8, 4) is 0 Å². The number of piperidine rings is 1. The second kappa shape index (κ2) is 7.76. The van der Waals surface area contributed by atoms with Gasteiger partial charge in [0, 0.05) is 26.6 Å². The zero-order valence-corrected chi connectivity index (χ0v) is 11.6. The molecule has 1 rings (SSSR count). The van der Waals surface area contributed by atoms with Gasteiger partial charge in [-0.05, 0) is 19.8 Å². The number of likely N-dealkylation sites (tertiary alicyclic amines) is 1. The van der Waals surface area contributed by atoms with Crippen LogP contribution in [0.15, 0.2) is 0 Å². The number of rotatable bonds is 5. The minimum Gasteiger partial charge on any atom is -0.466 e. The largest absolute Gasteiger partial charge is 0.466 e. The third-order valence-corrected chi connectivity index (χ3v) is 3.24. The van der Waals surface area contributed by atoms with Crippen LogP contribution < -0.4 is 5.32 Å². The highest BCUT2D eigenvalue weighted by molar-refractivity contribution is 5.83. The standard InChI is InChI=1S/C13H22N2O4/c1-3-19-12(17)7-6-11(16)15-8-4-5-10(9-15)13(18)14-2/h10H,3-9H2,1-2H3,(H,14,18). The lowest BCUT2D eigenvalue weighted by molar-refractivity contribution is -0.146. The van der Waals surface area contributed by atoms with E-state index < -0.39 is 0 Å². The monoisotopic (exact) mass is 270 g/mol. The van der Waals surface area contributed by atoms with E-state index in [1.807, 2.05) is 0 Å². The van der Waals surface area contributed by atoms with Crippen LogP contribution in [0.5, 0.6) is 0 Å². The molecule has 1 saturated heterocycles. The summed E-state index contributed by atoms with van der Waals surface area (Å²) >= 11 is 0. The highest BCUT2D eigenvalue weighted by atomic mass is 16.5. The van der Waals surface area contributed by atoms with Crippen molar-refractivity contribution < 1.29 is 19.1 Å². The van der Waals surface area contributed by atoms with Crippen molar-refractivity contribution in [1.82, 2.24) is 10.2 Å². The molecular formula is C13H22N2O4. The normalized spacial score (nSPS) is 18.8. The summed E-state index contributed by atoms with van der Waals surface area (Å²) in [7, 11) is 1.60. The molecule has 6 nitrogen and oxygen atoms in total. The fraction of sp³-hybridized carbons (Fsp3) is 0.769. The predicted octanol–water partition coefficient (Wildman–Crippen LogP) is 0.314. The van der Waals surface area contributed by atoms with Gasteiger partial charge in [-0.1, -0.05) is 0 Å². The summed E-state index contributed by atoms with van der Waals surface area (Å²) in [6.45, 7) is 3.17. The fourth-order valence-corrected chi connectivity index (χ4v) is 2.22. The van der Waals surface area contributed by atoms with E-state index in [-0.39, 0.29) is 36.5 Å². The van der Waals surface area contributed by atoms with Crippen molar-refractivity contribution >= 4 is 17.8 Å². The van der Waals surface area contributed by atoms with Crippen molar-refractivity contribution in [2.75, 3.05) is 26.7 Å². The molecule has 2 amide bonds. The molecule has 0 aromatic carbocycles. The zero-order valence-electron chi connectivity index (χ0n) is 11.6. The summed E-state index contributed by atoms with van der Waals surface area (Å²) in [6.07, 6.45) is 1.89. The van der Waals surface area contributed by atoms with Crippen LogP contribution in [0, 0.1) is 5.92 Å². The lowest BCUT2D eigenvalue weighted by atomic mass is 9.97. The molecule has 1 aliphatic rings. The van der Waals surface area contributed by atoms with Gasteiger partial charge in [0.25, 0.3) is 0 Å². The maximum absolute atomic E-state index is 11.9. The van der Waals surface area contributed by atoms with E-state index >= 15 is 0 Å². The summed E-state index contributed by atoms with van der Waals surface area (Å²) in [4.78, 5) is 36.4. The average molecular weight is 270 g/mol. The van der Waals surface area contributed by atoms with E-state index in [1.54, 1.807) is 18.9 Å². The Balaban J connectivity index is 2.39.